The molecule has 0 saturated carbocycles. The predicted octanol–water partition coefficient (Wildman–Crippen LogP) is 1.38. The van der Waals surface area contributed by atoms with Gasteiger partial charge in [0.05, 0.1) is 42.3 Å². The Morgan fingerprint density at radius 1 is 1.38 bits per heavy atom. The molecule has 3 rings (SSSR count). The highest BCUT2D eigenvalue weighted by atomic mass is 32.3. The van der Waals surface area contributed by atoms with Crippen molar-refractivity contribution < 1.29 is 13.5 Å². The SMILES string of the molecule is NC/C(=C\F)Cn1ncn(Cc2ccc(C#CCN3CCS(O)(O)CC3)s2)c1=O. The van der Waals surface area contributed by atoms with E-state index >= 15 is 0 Å². The van der Waals surface area contributed by atoms with Crippen LogP contribution in [0, 0.1) is 11.8 Å². The van der Waals surface area contributed by atoms with Crippen molar-refractivity contribution in [2.75, 3.05) is 37.7 Å². The number of aromatic nitrogens is 3. The van der Waals surface area contributed by atoms with Gasteiger partial charge in [0.25, 0.3) is 0 Å². The molecule has 0 amide bonds. The van der Waals surface area contributed by atoms with Crippen molar-refractivity contribution in [1.82, 2.24) is 19.2 Å². The molecule has 1 fully saturated rings. The van der Waals surface area contributed by atoms with Crippen molar-refractivity contribution in [1.29, 1.82) is 0 Å². The van der Waals surface area contributed by atoms with Gasteiger partial charge in [-0.25, -0.2) is 13.9 Å². The summed E-state index contributed by atoms with van der Waals surface area (Å²) < 4.78 is 34.6. The quantitative estimate of drug-likeness (QED) is 0.585. The number of nitrogens with zero attached hydrogens (tertiary/aromatic N) is 4. The summed E-state index contributed by atoms with van der Waals surface area (Å²) in [6.07, 6.45) is 1.84. The van der Waals surface area contributed by atoms with Gasteiger partial charge in [-0.2, -0.15) is 15.7 Å². The molecule has 0 spiro atoms. The molecule has 0 aliphatic carbocycles. The summed E-state index contributed by atoms with van der Waals surface area (Å²) in [6, 6.07) is 3.83. The van der Waals surface area contributed by atoms with Gasteiger partial charge in [0.1, 0.15) is 6.33 Å². The second kappa shape index (κ2) is 9.71. The van der Waals surface area contributed by atoms with E-state index in [-0.39, 0.29) is 18.8 Å². The molecule has 158 valence electrons. The van der Waals surface area contributed by atoms with E-state index in [1.807, 2.05) is 12.1 Å². The van der Waals surface area contributed by atoms with Crippen molar-refractivity contribution in [3.63, 3.8) is 0 Å². The monoisotopic (exact) mass is 441 g/mol. The predicted molar refractivity (Wildman–Crippen MR) is 114 cm³/mol. The first-order chi connectivity index (χ1) is 13.9. The van der Waals surface area contributed by atoms with Crippen LogP contribution >= 0.6 is 21.9 Å². The van der Waals surface area contributed by atoms with Crippen molar-refractivity contribution in [2.45, 2.75) is 13.1 Å². The van der Waals surface area contributed by atoms with Crippen LogP contribution in [0.15, 0.2) is 35.2 Å². The Balaban J connectivity index is 1.56. The third-order valence-corrected chi connectivity index (χ3v) is 7.20. The summed E-state index contributed by atoms with van der Waals surface area (Å²) in [6.45, 7) is 2.30. The van der Waals surface area contributed by atoms with Crippen LogP contribution in [0.3, 0.4) is 0 Å². The molecule has 1 saturated heterocycles. The van der Waals surface area contributed by atoms with Crippen LogP contribution in [-0.2, 0) is 13.1 Å². The van der Waals surface area contributed by atoms with Gasteiger partial charge in [-0.1, -0.05) is 11.8 Å². The lowest BCUT2D eigenvalue weighted by molar-refractivity contribution is 0.318. The summed E-state index contributed by atoms with van der Waals surface area (Å²) in [5, 5.41) is 4.01. The van der Waals surface area contributed by atoms with E-state index in [9.17, 15) is 18.3 Å². The van der Waals surface area contributed by atoms with Gasteiger partial charge in [-0.3, -0.25) is 18.6 Å². The lowest BCUT2D eigenvalue weighted by Gasteiger charge is -2.40. The molecule has 4 N–H and O–H groups in total. The average molecular weight is 442 g/mol. The fourth-order valence-electron chi connectivity index (χ4n) is 2.78. The normalized spacial score (nSPS) is 18.3. The van der Waals surface area contributed by atoms with Crippen LogP contribution in [0.2, 0.25) is 0 Å². The van der Waals surface area contributed by atoms with E-state index in [1.54, 1.807) is 0 Å². The maximum Gasteiger partial charge on any atom is 0.346 e. The molecule has 1 aliphatic rings. The zero-order valence-corrected chi connectivity index (χ0v) is 17.5. The fraction of sp³-hybridized carbons (Fsp3) is 0.444. The molecule has 2 aromatic rings. The Kier molecular flexibility index (Phi) is 7.28. The highest BCUT2D eigenvalue weighted by Gasteiger charge is 2.21. The molecule has 29 heavy (non-hydrogen) atoms. The Bertz CT molecular complexity index is 976. The molecule has 3 heterocycles. The molecule has 0 atom stereocenters. The lowest BCUT2D eigenvalue weighted by atomic mass is 10.3. The molecular formula is C18H24FN5O3S2. The molecule has 0 unspecified atom stereocenters. The van der Waals surface area contributed by atoms with Crippen molar-refractivity contribution in [3.8, 4) is 11.8 Å². The molecule has 0 radical (unpaired) electrons. The summed E-state index contributed by atoms with van der Waals surface area (Å²) >= 11 is 1.50. The van der Waals surface area contributed by atoms with E-state index < -0.39 is 10.6 Å². The Morgan fingerprint density at radius 3 is 2.83 bits per heavy atom. The second-order valence-electron chi connectivity index (χ2n) is 6.72. The summed E-state index contributed by atoms with van der Waals surface area (Å²) in [4.78, 5) is 16.3. The average Bonchev–Trinajstić information content (AvgIpc) is 3.29. The molecular weight excluding hydrogens is 417 g/mol. The van der Waals surface area contributed by atoms with Gasteiger partial charge in [-0.05, 0) is 17.7 Å². The maximum absolute atomic E-state index is 12.7. The van der Waals surface area contributed by atoms with Crippen LogP contribution in [0.5, 0.6) is 0 Å². The Labute approximate surface area is 173 Å². The fourth-order valence-corrected chi connectivity index (χ4v) is 4.97. The minimum absolute atomic E-state index is 0.0300. The minimum atomic E-state index is -2.38. The van der Waals surface area contributed by atoms with E-state index in [2.05, 4.69) is 21.8 Å². The second-order valence-corrected chi connectivity index (χ2v) is 10.3. The van der Waals surface area contributed by atoms with Crippen LogP contribution in [0.4, 0.5) is 4.39 Å². The maximum atomic E-state index is 12.7. The van der Waals surface area contributed by atoms with E-state index in [0.29, 0.717) is 49.6 Å². The number of halogens is 1. The zero-order chi connectivity index (χ0) is 20.9. The highest BCUT2D eigenvalue weighted by molar-refractivity contribution is 8.24. The third-order valence-electron chi connectivity index (χ3n) is 4.54. The zero-order valence-electron chi connectivity index (χ0n) is 15.8. The number of hydrogen-bond donors (Lipinski definition) is 3. The van der Waals surface area contributed by atoms with Gasteiger partial charge in [-0.15, -0.1) is 11.3 Å². The lowest BCUT2D eigenvalue weighted by Crippen LogP contribution is -2.38. The molecule has 0 bridgehead atoms. The van der Waals surface area contributed by atoms with E-state index in [1.165, 1.54) is 26.9 Å². The summed E-state index contributed by atoms with van der Waals surface area (Å²) in [5.74, 6) is 7.06. The first-order valence-corrected chi connectivity index (χ1v) is 11.7. The Morgan fingerprint density at radius 2 is 2.14 bits per heavy atom. The number of thiophene rings is 1. The first-order valence-electron chi connectivity index (χ1n) is 9.04. The van der Waals surface area contributed by atoms with E-state index in [4.69, 9.17) is 5.73 Å². The summed E-state index contributed by atoms with van der Waals surface area (Å²) in [5.41, 5.74) is 5.39. The van der Waals surface area contributed by atoms with Crippen molar-refractivity contribution in [3.05, 3.63) is 50.6 Å². The molecule has 8 nitrogen and oxygen atoms in total. The number of nitrogens with two attached hydrogens (primary N) is 1. The van der Waals surface area contributed by atoms with Crippen LogP contribution < -0.4 is 11.4 Å². The molecule has 0 aromatic carbocycles. The minimum Gasteiger partial charge on any atom is -0.327 e. The van der Waals surface area contributed by atoms with Crippen LogP contribution in [0.1, 0.15) is 9.75 Å². The van der Waals surface area contributed by atoms with Gasteiger partial charge in [0.2, 0.25) is 0 Å². The first kappa shape index (κ1) is 21.8. The van der Waals surface area contributed by atoms with Crippen molar-refractivity contribution in [2.24, 2.45) is 5.73 Å². The standard InChI is InChI=1S/C18H24FN5O3S2/c19-10-15(11-20)12-24-18(25)23(14-21-24)13-17-4-3-16(28-17)2-1-5-22-6-8-29(26,27)9-7-22/h3-4,10,14,26-27H,5-9,11-13,20H2/b15-10+. The highest BCUT2D eigenvalue weighted by Crippen LogP contribution is 2.40. The van der Waals surface area contributed by atoms with E-state index in [0.717, 1.165) is 9.75 Å². The van der Waals surface area contributed by atoms with Gasteiger partial charge < -0.3 is 5.73 Å². The smallest absolute Gasteiger partial charge is 0.327 e. The Hall–Kier alpha value is -1.94. The number of hydrogen-bond acceptors (Lipinski definition) is 7. The number of rotatable bonds is 6. The molecule has 11 heteroatoms. The molecule has 2 aromatic heterocycles. The third kappa shape index (κ3) is 6.02. The van der Waals surface area contributed by atoms with Crippen molar-refractivity contribution >= 4 is 21.9 Å². The molecule has 1 aliphatic heterocycles. The largest absolute Gasteiger partial charge is 0.346 e. The summed E-state index contributed by atoms with van der Waals surface area (Å²) in [7, 11) is -2.38. The van der Waals surface area contributed by atoms with Crippen LogP contribution in [0.25, 0.3) is 0 Å². The van der Waals surface area contributed by atoms with Gasteiger partial charge >= 0.3 is 5.69 Å². The van der Waals surface area contributed by atoms with Crippen LogP contribution in [-0.4, -0.2) is 66.0 Å². The van der Waals surface area contributed by atoms with Gasteiger partial charge in [0.15, 0.2) is 0 Å². The van der Waals surface area contributed by atoms with Gasteiger partial charge in [0, 0.05) is 24.5 Å². The topological polar surface area (TPSA) is 110 Å².